The number of piperidine rings is 2. The monoisotopic (exact) mass is 603 g/mol. The van der Waals surface area contributed by atoms with Crippen molar-refractivity contribution in [3.63, 3.8) is 0 Å². The zero-order valence-corrected chi connectivity index (χ0v) is 23.7. The zero-order chi connectivity index (χ0) is 30.3. The van der Waals surface area contributed by atoms with E-state index in [4.69, 9.17) is 11.6 Å². The standard InChI is InChI=1S/C29H32ClF6N3O2/c1-17-4-5-19(14-25(17)30)24-16-39(23-6-9-38(10-7-23)18(2)40)11-8-26(24)37(3)27(41)20-12-21(28(31,32)33)15-22(13-20)29(34,35)36/h4-5,12-15,23-24,26H,6-11,16H2,1-3H3. The van der Waals surface area contributed by atoms with Gasteiger partial charge in [-0.25, -0.2) is 0 Å². The summed E-state index contributed by atoms with van der Waals surface area (Å²) in [5.74, 6) is -1.19. The molecule has 2 aliphatic rings. The van der Waals surface area contributed by atoms with Crippen LogP contribution in [0.1, 0.15) is 64.7 Å². The summed E-state index contributed by atoms with van der Waals surface area (Å²) < 4.78 is 80.8. The molecule has 2 heterocycles. The number of hydrogen-bond acceptors (Lipinski definition) is 3. The van der Waals surface area contributed by atoms with Crippen molar-refractivity contribution in [2.45, 2.75) is 63.5 Å². The van der Waals surface area contributed by atoms with Crippen LogP contribution in [0.3, 0.4) is 0 Å². The van der Waals surface area contributed by atoms with E-state index in [1.54, 1.807) is 11.0 Å². The number of aryl methyl sites for hydroxylation is 1. The van der Waals surface area contributed by atoms with Crippen LogP contribution in [0.2, 0.25) is 5.02 Å². The third-order valence-electron chi connectivity index (χ3n) is 8.31. The van der Waals surface area contributed by atoms with Gasteiger partial charge < -0.3 is 9.80 Å². The maximum atomic E-state index is 13.5. The SMILES string of the molecule is CC(=O)N1CCC(N2CCC(N(C)C(=O)c3cc(C(F)(F)F)cc(C(F)(F)F)c3)C(c3ccc(C)c(Cl)c3)C2)CC1. The highest BCUT2D eigenvalue weighted by atomic mass is 35.5. The summed E-state index contributed by atoms with van der Waals surface area (Å²) in [6, 6.07) is 6.22. The van der Waals surface area contributed by atoms with Gasteiger partial charge >= 0.3 is 12.4 Å². The molecule has 2 saturated heterocycles. The number of amides is 2. The van der Waals surface area contributed by atoms with Crippen LogP contribution in [-0.2, 0) is 17.1 Å². The van der Waals surface area contributed by atoms with E-state index in [1.165, 1.54) is 18.9 Å². The molecular weight excluding hydrogens is 572 g/mol. The van der Waals surface area contributed by atoms with Crippen LogP contribution in [0.25, 0.3) is 0 Å². The molecule has 4 rings (SSSR count). The lowest BCUT2D eigenvalue weighted by atomic mass is 9.83. The van der Waals surface area contributed by atoms with E-state index < -0.39 is 41.0 Å². The van der Waals surface area contributed by atoms with Crippen LogP contribution in [0.5, 0.6) is 0 Å². The average Bonchev–Trinajstić information content (AvgIpc) is 2.92. The highest BCUT2D eigenvalue weighted by Gasteiger charge is 2.41. The van der Waals surface area contributed by atoms with Gasteiger partial charge in [0.1, 0.15) is 0 Å². The fourth-order valence-corrected chi connectivity index (χ4v) is 6.09. The Hall–Kier alpha value is -2.79. The van der Waals surface area contributed by atoms with Crippen molar-refractivity contribution in [2.75, 3.05) is 33.2 Å². The van der Waals surface area contributed by atoms with E-state index in [1.807, 2.05) is 19.1 Å². The van der Waals surface area contributed by atoms with Crippen molar-refractivity contribution in [3.8, 4) is 0 Å². The van der Waals surface area contributed by atoms with Crippen molar-refractivity contribution in [1.29, 1.82) is 0 Å². The van der Waals surface area contributed by atoms with E-state index >= 15 is 0 Å². The Labute approximate surface area is 240 Å². The van der Waals surface area contributed by atoms with Gasteiger partial charge in [-0.05, 0) is 61.6 Å². The first-order valence-corrected chi connectivity index (χ1v) is 13.8. The highest BCUT2D eigenvalue weighted by molar-refractivity contribution is 6.31. The van der Waals surface area contributed by atoms with Crippen molar-refractivity contribution < 1.29 is 35.9 Å². The van der Waals surface area contributed by atoms with Crippen molar-refractivity contribution in [3.05, 3.63) is 69.2 Å². The third-order valence-corrected chi connectivity index (χ3v) is 8.72. The molecule has 2 unspecified atom stereocenters. The van der Waals surface area contributed by atoms with Gasteiger partial charge in [0, 0.05) is 68.7 Å². The summed E-state index contributed by atoms with van der Waals surface area (Å²) >= 11 is 6.43. The molecule has 0 bridgehead atoms. The van der Waals surface area contributed by atoms with Gasteiger partial charge in [0.2, 0.25) is 5.91 Å². The minimum absolute atomic E-state index is 0.0176. The lowest BCUT2D eigenvalue weighted by Gasteiger charge is -2.47. The molecule has 0 radical (unpaired) electrons. The number of carbonyl (C=O) groups is 2. The number of benzene rings is 2. The topological polar surface area (TPSA) is 43.9 Å². The van der Waals surface area contributed by atoms with Crippen LogP contribution in [0.4, 0.5) is 26.3 Å². The highest BCUT2D eigenvalue weighted by Crippen LogP contribution is 2.38. The second-order valence-corrected chi connectivity index (χ2v) is 11.3. The molecule has 2 aromatic rings. The van der Waals surface area contributed by atoms with Gasteiger partial charge in [-0.15, -0.1) is 0 Å². The number of alkyl halides is 6. The molecule has 5 nitrogen and oxygen atoms in total. The number of nitrogens with zero attached hydrogens (tertiary/aromatic N) is 3. The molecule has 41 heavy (non-hydrogen) atoms. The first-order chi connectivity index (χ1) is 19.1. The normalized spacial score (nSPS) is 21.2. The maximum absolute atomic E-state index is 13.5. The number of rotatable bonds is 4. The largest absolute Gasteiger partial charge is 0.416 e. The molecule has 0 aromatic heterocycles. The predicted octanol–water partition coefficient (Wildman–Crippen LogP) is 6.63. The maximum Gasteiger partial charge on any atom is 0.416 e. The number of carbonyl (C=O) groups excluding carboxylic acids is 2. The van der Waals surface area contributed by atoms with Crippen LogP contribution < -0.4 is 0 Å². The molecule has 2 atom stereocenters. The first kappa shape index (κ1) is 31.2. The second kappa shape index (κ2) is 11.8. The number of halogens is 7. The van der Waals surface area contributed by atoms with Crippen LogP contribution in [0, 0.1) is 6.92 Å². The Morgan fingerprint density at radius 1 is 0.902 bits per heavy atom. The van der Waals surface area contributed by atoms with Crippen molar-refractivity contribution in [2.24, 2.45) is 0 Å². The zero-order valence-electron chi connectivity index (χ0n) is 22.9. The van der Waals surface area contributed by atoms with Gasteiger partial charge in [-0.3, -0.25) is 14.5 Å². The Morgan fingerprint density at radius 2 is 1.49 bits per heavy atom. The molecule has 2 aromatic carbocycles. The fraction of sp³-hybridized carbons (Fsp3) is 0.517. The summed E-state index contributed by atoms with van der Waals surface area (Å²) in [6.45, 7) is 5.76. The number of hydrogen-bond donors (Lipinski definition) is 0. The summed E-state index contributed by atoms with van der Waals surface area (Å²) in [7, 11) is 1.42. The molecule has 0 N–H and O–H groups in total. The van der Waals surface area contributed by atoms with Crippen molar-refractivity contribution in [1.82, 2.24) is 14.7 Å². The Kier molecular flexibility index (Phi) is 8.99. The lowest BCUT2D eigenvalue weighted by Crippen LogP contribution is -2.55. The third kappa shape index (κ3) is 6.99. The summed E-state index contributed by atoms with van der Waals surface area (Å²) in [6.07, 6.45) is -8.09. The molecule has 0 aliphatic carbocycles. The number of likely N-dealkylation sites (tertiary alicyclic amines) is 2. The molecule has 224 valence electrons. The Bertz CT molecular complexity index is 1260. The smallest absolute Gasteiger partial charge is 0.343 e. The average molecular weight is 604 g/mol. The summed E-state index contributed by atoms with van der Waals surface area (Å²) in [5, 5.41) is 0.523. The summed E-state index contributed by atoms with van der Waals surface area (Å²) in [5.41, 5.74) is -2.05. The molecule has 2 fully saturated rings. The van der Waals surface area contributed by atoms with Crippen LogP contribution in [-0.4, -0.2) is 71.8 Å². The summed E-state index contributed by atoms with van der Waals surface area (Å²) in [4.78, 5) is 30.6. The van der Waals surface area contributed by atoms with Gasteiger partial charge in [0.15, 0.2) is 0 Å². The Morgan fingerprint density at radius 3 is 2.00 bits per heavy atom. The second-order valence-electron chi connectivity index (χ2n) is 10.9. The molecule has 0 saturated carbocycles. The minimum Gasteiger partial charge on any atom is -0.343 e. The molecule has 2 aliphatic heterocycles. The first-order valence-electron chi connectivity index (χ1n) is 13.4. The van der Waals surface area contributed by atoms with E-state index in [0.29, 0.717) is 49.8 Å². The molecule has 0 spiro atoms. The Balaban J connectivity index is 1.64. The van der Waals surface area contributed by atoms with Gasteiger partial charge in [-0.2, -0.15) is 26.3 Å². The van der Waals surface area contributed by atoms with Crippen LogP contribution in [0.15, 0.2) is 36.4 Å². The molecule has 12 heteroatoms. The van der Waals surface area contributed by atoms with Gasteiger partial charge in [-0.1, -0.05) is 23.7 Å². The van der Waals surface area contributed by atoms with E-state index in [2.05, 4.69) is 4.90 Å². The number of likely N-dealkylation sites (N-methyl/N-ethyl adjacent to an activating group) is 1. The molecular formula is C29H32ClF6N3O2. The lowest BCUT2D eigenvalue weighted by molar-refractivity contribution is -0.143. The van der Waals surface area contributed by atoms with E-state index in [9.17, 15) is 35.9 Å². The van der Waals surface area contributed by atoms with E-state index in [0.717, 1.165) is 24.0 Å². The van der Waals surface area contributed by atoms with Crippen molar-refractivity contribution >= 4 is 23.4 Å². The molecule has 2 amide bonds. The van der Waals surface area contributed by atoms with E-state index in [-0.39, 0.29) is 23.9 Å². The van der Waals surface area contributed by atoms with Gasteiger partial charge in [0.25, 0.3) is 5.91 Å². The van der Waals surface area contributed by atoms with Gasteiger partial charge in [0.05, 0.1) is 11.1 Å². The van der Waals surface area contributed by atoms with Crippen LogP contribution >= 0.6 is 11.6 Å². The fourth-order valence-electron chi connectivity index (χ4n) is 5.91. The predicted molar refractivity (Wildman–Crippen MR) is 143 cm³/mol. The minimum atomic E-state index is -5.06. The quantitative estimate of drug-likeness (QED) is 0.369.